The molecule has 0 saturated carbocycles. The molecule has 2 aromatic rings. The molecule has 2 aromatic carbocycles. The van der Waals surface area contributed by atoms with Gasteiger partial charge in [-0.3, -0.25) is 0 Å². The topological polar surface area (TPSA) is 30.5 Å². The minimum absolute atomic E-state index is 0.234. The number of benzene rings is 2. The van der Waals surface area contributed by atoms with Gasteiger partial charge in [-0.25, -0.2) is 0 Å². The van der Waals surface area contributed by atoms with E-state index in [9.17, 15) is 0 Å². The van der Waals surface area contributed by atoms with Gasteiger partial charge in [0.05, 0.1) is 18.8 Å². The van der Waals surface area contributed by atoms with E-state index in [-0.39, 0.29) is 6.04 Å². The van der Waals surface area contributed by atoms with Crippen molar-refractivity contribution in [1.29, 1.82) is 0 Å². The summed E-state index contributed by atoms with van der Waals surface area (Å²) in [6, 6.07) is 15.3. The molecule has 0 spiro atoms. The average Bonchev–Trinajstić information content (AvgIpc) is 2.56. The summed E-state index contributed by atoms with van der Waals surface area (Å²) < 4.78 is 11.4. The molecule has 1 fully saturated rings. The number of likely N-dealkylation sites (N-methyl/N-ethyl adjacent to an activating group) is 1. The Morgan fingerprint density at radius 3 is 2.67 bits per heavy atom. The van der Waals surface area contributed by atoms with E-state index in [1.54, 1.807) is 0 Å². The molecule has 0 radical (unpaired) electrons. The van der Waals surface area contributed by atoms with Crippen LogP contribution in [0.2, 0.25) is 0 Å². The molecular formula is C18H23NO2. The fraction of sp³-hybridized carbons (Fsp3) is 0.444. The van der Waals surface area contributed by atoms with Gasteiger partial charge < -0.3 is 14.8 Å². The van der Waals surface area contributed by atoms with E-state index in [0.717, 1.165) is 26.1 Å². The molecule has 0 aromatic heterocycles. The molecule has 1 heterocycles. The molecule has 3 rings (SSSR count). The largest absolute Gasteiger partial charge is 0.381 e. The van der Waals surface area contributed by atoms with Gasteiger partial charge in [0.2, 0.25) is 0 Å². The maximum atomic E-state index is 6.06. The molecule has 112 valence electrons. The van der Waals surface area contributed by atoms with Crippen molar-refractivity contribution >= 4 is 10.8 Å². The van der Waals surface area contributed by atoms with Crippen LogP contribution in [-0.4, -0.2) is 33.0 Å². The van der Waals surface area contributed by atoms with E-state index >= 15 is 0 Å². The van der Waals surface area contributed by atoms with Gasteiger partial charge >= 0.3 is 0 Å². The molecule has 3 heteroatoms. The van der Waals surface area contributed by atoms with Crippen molar-refractivity contribution in [2.24, 2.45) is 0 Å². The lowest BCUT2D eigenvalue weighted by Crippen LogP contribution is -2.28. The third-order valence-electron chi connectivity index (χ3n) is 4.19. The van der Waals surface area contributed by atoms with Crippen molar-refractivity contribution in [3.8, 4) is 0 Å². The number of nitrogens with one attached hydrogen (secondary N) is 1. The molecule has 1 aliphatic rings. The van der Waals surface area contributed by atoms with Gasteiger partial charge in [0.15, 0.2) is 0 Å². The van der Waals surface area contributed by atoms with E-state index in [4.69, 9.17) is 9.47 Å². The molecule has 0 bridgehead atoms. The van der Waals surface area contributed by atoms with Gasteiger partial charge in [0.1, 0.15) is 0 Å². The first-order chi connectivity index (χ1) is 10.4. The van der Waals surface area contributed by atoms with Crippen LogP contribution in [0.15, 0.2) is 42.5 Å². The minimum Gasteiger partial charge on any atom is -0.381 e. The van der Waals surface area contributed by atoms with Crippen molar-refractivity contribution in [2.75, 3.05) is 26.9 Å². The van der Waals surface area contributed by atoms with E-state index in [1.165, 1.54) is 16.3 Å². The quantitative estimate of drug-likeness (QED) is 0.914. The predicted octanol–water partition coefficient (Wildman–Crippen LogP) is 3.30. The van der Waals surface area contributed by atoms with Gasteiger partial charge in [-0.15, -0.1) is 0 Å². The Kier molecular flexibility index (Phi) is 4.86. The van der Waals surface area contributed by atoms with Crippen LogP contribution in [0.3, 0.4) is 0 Å². The molecule has 21 heavy (non-hydrogen) atoms. The lowest BCUT2D eigenvalue weighted by Gasteiger charge is -2.25. The molecule has 0 aliphatic carbocycles. The van der Waals surface area contributed by atoms with Crippen LogP contribution in [0, 0.1) is 0 Å². The Balaban J connectivity index is 1.68. The van der Waals surface area contributed by atoms with Crippen LogP contribution in [0.1, 0.15) is 24.4 Å². The summed E-state index contributed by atoms with van der Waals surface area (Å²) in [5.74, 6) is 0. The zero-order valence-electron chi connectivity index (χ0n) is 12.5. The summed E-state index contributed by atoms with van der Waals surface area (Å²) in [5.41, 5.74) is 1.28. The standard InChI is InChI=1S/C18H23NO2/c1-19-18(13-21-17-8-10-20-11-9-17)16-7-6-14-4-2-3-5-15(14)12-16/h2-7,12,17-19H,8-11,13H2,1H3. The highest BCUT2D eigenvalue weighted by molar-refractivity contribution is 5.83. The Hall–Kier alpha value is -1.42. The monoisotopic (exact) mass is 285 g/mol. The van der Waals surface area contributed by atoms with E-state index in [1.807, 2.05) is 7.05 Å². The SMILES string of the molecule is CNC(COC1CCOCC1)c1ccc2ccccc2c1. The van der Waals surface area contributed by atoms with Crippen LogP contribution >= 0.6 is 0 Å². The maximum absolute atomic E-state index is 6.06. The zero-order chi connectivity index (χ0) is 14.5. The summed E-state index contributed by atoms with van der Waals surface area (Å²) in [6.07, 6.45) is 2.36. The third-order valence-corrected chi connectivity index (χ3v) is 4.19. The summed E-state index contributed by atoms with van der Waals surface area (Å²) in [5, 5.41) is 5.92. The van der Waals surface area contributed by atoms with Crippen molar-refractivity contribution in [1.82, 2.24) is 5.32 Å². The maximum Gasteiger partial charge on any atom is 0.0665 e. The van der Waals surface area contributed by atoms with Gasteiger partial charge in [-0.1, -0.05) is 36.4 Å². The lowest BCUT2D eigenvalue weighted by molar-refractivity contribution is -0.0378. The number of hydrogen-bond acceptors (Lipinski definition) is 3. The average molecular weight is 285 g/mol. The van der Waals surface area contributed by atoms with Gasteiger partial charge in [0, 0.05) is 13.2 Å². The first kappa shape index (κ1) is 14.5. The molecular weight excluding hydrogens is 262 g/mol. The number of rotatable bonds is 5. The predicted molar refractivity (Wildman–Crippen MR) is 85.5 cm³/mol. The highest BCUT2D eigenvalue weighted by Gasteiger charge is 2.17. The molecule has 1 aliphatic heterocycles. The number of ether oxygens (including phenoxy) is 2. The Labute approximate surface area is 126 Å². The summed E-state index contributed by atoms with van der Waals surface area (Å²) in [4.78, 5) is 0. The molecule has 3 nitrogen and oxygen atoms in total. The second-order valence-electron chi connectivity index (χ2n) is 5.59. The van der Waals surface area contributed by atoms with Crippen molar-refractivity contribution < 1.29 is 9.47 Å². The van der Waals surface area contributed by atoms with Crippen LogP contribution in [0.4, 0.5) is 0 Å². The van der Waals surface area contributed by atoms with Crippen molar-refractivity contribution in [3.05, 3.63) is 48.0 Å². The molecule has 1 saturated heterocycles. The second kappa shape index (κ2) is 7.03. The molecule has 1 unspecified atom stereocenters. The van der Waals surface area contributed by atoms with E-state index in [2.05, 4.69) is 47.8 Å². The normalized spacial score (nSPS) is 18.0. The van der Waals surface area contributed by atoms with Gasteiger partial charge in [-0.05, 0) is 42.3 Å². The van der Waals surface area contributed by atoms with E-state index < -0.39 is 0 Å². The zero-order valence-corrected chi connectivity index (χ0v) is 12.5. The van der Waals surface area contributed by atoms with E-state index in [0.29, 0.717) is 12.7 Å². The molecule has 1 N–H and O–H groups in total. The fourth-order valence-corrected chi connectivity index (χ4v) is 2.85. The first-order valence-electron chi connectivity index (χ1n) is 7.72. The van der Waals surface area contributed by atoms with Crippen LogP contribution in [0.5, 0.6) is 0 Å². The summed E-state index contributed by atoms with van der Waals surface area (Å²) in [6.45, 7) is 2.36. The van der Waals surface area contributed by atoms with Crippen molar-refractivity contribution in [2.45, 2.75) is 25.0 Å². The Bertz CT molecular complexity index is 578. The lowest BCUT2D eigenvalue weighted by atomic mass is 10.0. The highest BCUT2D eigenvalue weighted by atomic mass is 16.5. The van der Waals surface area contributed by atoms with Gasteiger partial charge in [-0.2, -0.15) is 0 Å². The van der Waals surface area contributed by atoms with Crippen LogP contribution in [-0.2, 0) is 9.47 Å². The summed E-state index contributed by atoms with van der Waals surface area (Å²) in [7, 11) is 1.99. The number of fused-ring (bicyclic) bond motifs is 1. The van der Waals surface area contributed by atoms with Gasteiger partial charge in [0.25, 0.3) is 0 Å². The fourth-order valence-electron chi connectivity index (χ4n) is 2.85. The highest BCUT2D eigenvalue weighted by Crippen LogP contribution is 2.22. The Morgan fingerprint density at radius 1 is 1.14 bits per heavy atom. The Morgan fingerprint density at radius 2 is 1.90 bits per heavy atom. The molecule has 0 amide bonds. The number of hydrogen-bond donors (Lipinski definition) is 1. The van der Waals surface area contributed by atoms with Crippen LogP contribution < -0.4 is 5.32 Å². The summed E-state index contributed by atoms with van der Waals surface area (Å²) >= 11 is 0. The first-order valence-corrected chi connectivity index (χ1v) is 7.72. The third kappa shape index (κ3) is 3.62. The van der Waals surface area contributed by atoms with Crippen LogP contribution in [0.25, 0.3) is 10.8 Å². The smallest absolute Gasteiger partial charge is 0.0665 e. The van der Waals surface area contributed by atoms with Crippen molar-refractivity contribution in [3.63, 3.8) is 0 Å². The minimum atomic E-state index is 0.234. The molecule has 1 atom stereocenters. The second-order valence-corrected chi connectivity index (χ2v) is 5.59.